The van der Waals surface area contributed by atoms with E-state index in [1.807, 2.05) is 16.9 Å². The average molecular weight is 292 g/mol. The SMILES string of the molecule is CCn1ncc(-c2ccc(Cl)c(CNC(C)C)c2)c1C. The maximum Gasteiger partial charge on any atom is 0.0571 e. The van der Waals surface area contributed by atoms with Gasteiger partial charge in [0, 0.05) is 35.4 Å². The summed E-state index contributed by atoms with van der Waals surface area (Å²) in [5.41, 5.74) is 4.67. The lowest BCUT2D eigenvalue weighted by molar-refractivity contribution is 0.589. The molecule has 0 aliphatic heterocycles. The van der Waals surface area contributed by atoms with E-state index in [4.69, 9.17) is 11.6 Å². The normalized spacial score (nSPS) is 11.3. The lowest BCUT2D eigenvalue weighted by Gasteiger charge is -2.11. The molecule has 0 unspecified atom stereocenters. The molecule has 0 bridgehead atoms. The molecule has 0 amide bonds. The Kier molecular flexibility index (Phi) is 4.84. The molecular weight excluding hydrogens is 270 g/mol. The Morgan fingerprint density at radius 1 is 1.35 bits per heavy atom. The van der Waals surface area contributed by atoms with Crippen LogP contribution in [0.1, 0.15) is 32.0 Å². The number of aryl methyl sites for hydroxylation is 1. The summed E-state index contributed by atoms with van der Waals surface area (Å²) < 4.78 is 2.01. The highest BCUT2D eigenvalue weighted by atomic mass is 35.5. The van der Waals surface area contributed by atoms with E-state index in [0.29, 0.717) is 6.04 Å². The fourth-order valence-corrected chi connectivity index (χ4v) is 2.42. The summed E-state index contributed by atoms with van der Waals surface area (Å²) in [7, 11) is 0. The van der Waals surface area contributed by atoms with E-state index in [0.717, 1.165) is 23.7 Å². The smallest absolute Gasteiger partial charge is 0.0571 e. The zero-order valence-electron chi connectivity index (χ0n) is 12.6. The molecule has 2 rings (SSSR count). The summed E-state index contributed by atoms with van der Waals surface area (Å²) in [6.07, 6.45) is 1.93. The van der Waals surface area contributed by atoms with Crippen molar-refractivity contribution in [2.24, 2.45) is 0 Å². The summed E-state index contributed by atoms with van der Waals surface area (Å²) in [5.74, 6) is 0. The predicted molar refractivity (Wildman–Crippen MR) is 85.1 cm³/mol. The van der Waals surface area contributed by atoms with E-state index >= 15 is 0 Å². The van der Waals surface area contributed by atoms with Gasteiger partial charge in [0.2, 0.25) is 0 Å². The van der Waals surface area contributed by atoms with Crippen molar-refractivity contribution in [3.8, 4) is 11.1 Å². The molecule has 1 aromatic heterocycles. The molecule has 1 heterocycles. The van der Waals surface area contributed by atoms with Gasteiger partial charge in [0.1, 0.15) is 0 Å². The van der Waals surface area contributed by atoms with Crippen molar-refractivity contribution in [2.45, 2.75) is 46.8 Å². The molecule has 0 saturated heterocycles. The van der Waals surface area contributed by atoms with Crippen molar-refractivity contribution in [2.75, 3.05) is 0 Å². The molecule has 0 radical (unpaired) electrons. The highest BCUT2D eigenvalue weighted by Crippen LogP contribution is 2.27. The van der Waals surface area contributed by atoms with Crippen LogP contribution >= 0.6 is 11.6 Å². The number of hydrogen-bond donors (Lipinski definition) is 1. The molecular formula is C16H22ClN3. The number of aromatic nitrogens is 2. The second-order valence-corrected chi connectivity index (χ2v) is 5.71. The lowest BCUT2D eigenvalue weighted by Crippen LogP contribution is -2.21. The van der Waals surface area contributed by atoms with Gasteiger partial charge in [-0.15, -0.1) is 0 Å². The number of halogens is 1. The molecule has 0 fully saturated rings. The van der Waals surface area contributed by atoms with Crippen LogP contribution in [-0.2, 0) is 13.1 Å². The third kappa shape index (κ3) is 3.22. The summed E-state index contributed by atoms with van der Waals surface area (Å²) in [6.45, 7) is 10.1. The molecule has 108 valence electrons. The second kappa shape index (κ2) is 6.42. The van der Waals surface area contributed by atoms with Crippen LogP contribution in [0.2, 0.25) is 5.02 Å². The Balaban J connectivity index is 2.32. The Bertz CT molecular complexity index is 587. The van der Waals surface area contributed by atoms with Crippen LogP contribution in [0, 0.1) is 6.92 Å². The van der Waals surface area contributed by atoms with Crippen LogP contribution in [0.4, 0.5) is 0 Å². The maximum atomic E-state index is 6.28. The zero-order valence-corrected chi connectivity index (χ0v) is 13.3. The van der Waals surface area contributed by atoms with Crippen LogP contribution in [0.3, 0.4) is 0 Å². The summed E-state index contributed by atoms with van der Waals surface area (Å²) in [6, 6.07) is 6.63. The zero-order chi connectivity index (χ0) is 14.7. The number of benzene rings is 1. The van der Waals surface area contributed by atoms with Crippen LogP contribution in [0.5, 0.6) is 0 Å². The number of hydrogen-bond acceptors (Lipinski definition) is 2. The molecule has 20 heavy (non-hydrogen) atoms. The topological polar surface area (TPSA) is 29.9 Å². The first kappa shape index (κ1) is 15.1. The lowest BCUT2D eigenvalue weighted by atomic mass is 10.0. The van der Waals surface area contributed by atoms with Crippen molar-refractivity contribution in [1.82, 2.24) is 15.1 Å². The van der Waals surface area contributed by atoms with E-state index in [1.165, 1.54) is 16.8 Å². The molecule has 2 aromatic rings. The van der Waals surface area contributed by atoms with E-state index in [1.54, 1.807) is 0 Å². The van der Waals surface area contributed by atoms with Crippen LogP contribution < -0.4 is 5.32 Å². The first-order valence-corrected chi connectivity index (χ1v) is 7.45. The largest absolute Gasteiger partial charge is 0.310 e. The van der Waals surface area contributed by atoms with Gasteiger partial charge in [0.15, 0.2) is 0 Å². The molecule has 3 nitrogen and oxygen atoms in total. The van der Waals surface area contributed by atoms with Crippen molar-refractivity contribution < 1.29 is 0 Å². The second-order valence-electron chi connectivity index (χ2n) is 5.30. The van der Waals surface area contributed by atoms with Crippen molar-refractivity contribution in [1.29, 1.82) is 0 Å². The fraction of sp³-hybridized carbons (Fsp3) is 0.438. The standard InChI is InChI=1S/C16H22ClN3/c1-5-20-12(4)15(10-19-20)13-6-7-16(17)14(8-13)9-18-11(2)3/h6-8,10-11,18H,5,9H2,1-4H3. The molecule has 0 aliphatic carbocycles. The Labute approximate surface area is 126 Å². The average Bonchev–Trinajstić information content (AvgIpc) is 2.79. The minimum absolute atomic E-state index is 0.444. The molecule has 0 saturated carbocycles. The van der Waals surface area contributed by atoms with Gasteiger partial charge in [-0.1, -0.05) is 31.5 Å². The molecule has 0 spiro atoms. The van der Waals surface area contributed by atoms with Crippen LogP contribution in [0.15, 0.2) is 24.4 Å². The van der Waals surface area contributed by atoms with Gasteiger partial charge in [-0.2, -0.15) is 5.10 Å². The summed E-state index contributed by atoms with van der Waals surface area (Å²) in [4.78, 5) is 0. The third-order valence-electron chi connectivity index (χ3n) is 3.46. The van der Waals surface area contributed by atoms with Crippen LogP contribution in [0.25, 0.3) is 11.1 Å². The Morgan fingerprint density at radius 2 is 2.10 bits per heavy atom. The van der Waals surface area contributed by atoms with Crippen molar-refractivity contribution in [3.63, 3.8) is 0 Å². The molecule has 1 N–H and O–H groups in total. The van der Waals surface area contributed by atoms with Gasteiger partial charge in [-0.3, -0.25) is 4.68 Å². The number of rotatable bonds is 5. The van der Waals surface area contributed by atoms with Crippen LogP contribution in [-0.4, -0.2) is 15.8 Å². The van der Waals surface area contributed by atoms with Gasteiger partial charge < -0.3 is 5.32 Å². The Morgan fingerprint density at radius 3 is 2.70 bits per heavy atom. The van der Waals surface area contributed by atoms with Gasteiger partial charge >= 0.3 is 0 Å². The Hall–Kier alpha value is -1.32. The van der Waals surface area contributed by atoms with Gasteiger partial charge in [-0.05, 0) is 37.1 Å². The number of nitrogens with one attached hydrogen (secondary N) is 1. The summed E-state index contributed by atoms with van der Waals surface area (Å²) >= 11 is 6.28. The highest BCUT2D eigenvalue weighted by molar-refractivity contribution is 6.31. The van der Waals surface area contributed by atoms with E-state index in [9.17, 15) is 0 Å². The molecule has 0 aliphatic rings. The van der Waals surface area contributed by atoms with Crippen molar-refractivity contribution in [3.05, 3.63) is 40.7 Å². The fourth-order valence-electron chi connectivity index (χ4n) is 2.24. The van der Waals surface area contributed by atoms with Crippen molar-refractivity contribution >= 4 is 11.6 Å². The first-order valence-electron chi connectivity index (χ1n) is 7.07. The van der Waals surface area contributed by atoms with Gasteiger partial charge in [0.05, 0.1) is 6.20 Å². The minimum Gasteiger partial charge on any atom is -0.310 e. The van der Waals surface area contributed by atoms with Gasteiger partial charge in [-0.25, -0.2) is 0 Å². The number of nitrogens with zero attached hydrogens (tertiary/aromatic N) is 2. The van der Waals surface area contributed by atoms with E-state index in [2.05, 4.69) is 50.2 Å². The van der Waals surface area contributed by atoms with Gasteiger partial charge in [0.25, 0.3) is 0 Å². The predicted octanol–water partition coefficient (Wildman–Crippen LogP) is 4.03. The quantitative estimate of drug-likeness (QED) is 0.901. The minimum atomic E-state index is 0.444. The molecule has 4 heteroatoms. The summed E-state index contributed by atoms with van der Waals surface area (Å²) in [5, 5.41) is 8.62. The maximum absolute atomic E-state index is 6.28. The molecule has 1 aromatic carbocycles. The first-order chi connectivity index (χ1) is 9.52. The molecule has 0 atom stereocenters. The van der Waals surface area contributed by atoms with E-state index in [-0.39, 0.29) is 0 Å². The highest BCUT2D eigenvalue weighted by Gasteiger charge is 2.10. The third-order valence-corrected chi connectivity index (χ3v) is 3.83. The monoisotopic (exact) mass is 291 g/mol. The van der Waals surface area contributed by atoms with E-state index < -0.39 is 0 Å².